The average molecular weight is 540 g/mol. The molecule has 3 aromatic carbocycles. The van der Waals surface area contributed by atoms with Gasteiger partial charge in [-0.15, -0.1) is 0 Å². The standard InChI is InChI=1S/C37H25N5/c38-22-16-35(30-10-4-1-5-11-30)41-24-18-29(19-25-41)34(28-40)37(32-14-8-3-9-15-32)33-20-26-42(27-21-33)36(17-23-39)31-12-6-2-7-13-31/h1-21,24-27H/b35-16-,36-17-. The molecule has 0 N–H and O–H groups in total. The molecule has 0 unspecified atom stereocenters. The lowest BCUT2D eigenvalue weighted by Crippen LogP contribution is -2.12. The van der Waals surface area contributed by atoms with Gasteiger partial charge < -0.3 is 9.80 Å². The van der Waals surface area contributed by atoms with E-state index < -0.39 is 0 Å². The van der Waals surface area contributed by atoms with Crippen LogP contribution in [0.5, 0.6) is 0 Å². The van der Waals surface area contributed by atoms with Crippen LogP contribution in [0.1, 0.15) is 16.7 Å². The van der Waals surface area contributed by atoms with Crippen molar-refractivity contribution in [2.45, 2.75) is 0 Å². The minimum Gasteiger partial charge on any atom is -0.323 e. The van der Waals surface area contributed by atoms with Crippen molar-refractivity contribution in [1.29, 1.82) is 15.8 Å². The number of hydrogen-bond acceptors (Lipinski definition) is 5. The Labute approximate surface area is 246 Å². The molecule has 5 nitrogen and oxygen atoms in total. The normalized spacial score (nSPS) is 14.3. The summed E-state index contributed by atoms with van der Waals surface area (Å²) < 4.78 is 0. The lowest BCUT2D eigenvalue weighted by Gasteiger charge is -2.24. The van der Waals surface area contributed by atoms with Crippen molar-refractivity contribution >= 4 is 17.0 Å². The summed E-state index contributed by atoms with van der Waals surface area (Å²) in [5.74, 6) is 0. The molecule has 2 aliphatic rings. The van der Waals surface area contributed by atoms with Crippen LogP contribution in [0.3, 0.4) is 0 Å². The summed E-state index contributed by atoms with van der Waals surface area (Å²) in [5.41, 5.74) is 7.17. The molecule has 5 heteroatoms. The summed E-state index contributed by atoms with van der Waals surface area (Å²) in [6, 6.07) is 36.0. The molecule has 0 bridgehead atoms. The molecular weight excluding hydrogens is 514 g/mol. The van der Waals surface area contributed by atoms with Gasteiger partial charge in [0.15, 0.2) is 0 Å². The molecule has 0 atom stereocenters. The molecule has 198 valence electrons. The second-order valence-electron chi connectivity index (χ2n) is 9.27. The van der Waals surface area contributed by atoms with Gasteiger partial charge in [-0.1, -0.05) is 91.0 Å². The number of nitriles is 3. The molecule has 2 aliphatic heterocycles. The van der Waals surface area contributed by atoms with Gasteiger partial charge in [-0.3, -0.25) is 0 Å². The average Bonchev–Trinajstić information content (AvgIpc) is 3.06. The Morgan fingerprint density at radius 3 is 1.26 bits per heavy atom. The van der Waals surface area contributed by atoms with Gasteiger partial charge in [0.1, 0.15) is 6.07 Å². The summed E-state index contributed by atoms with van der Waals surface area (Å²) in [7, 11) is 0. The molecule has 0 aromatic heterocycles. The van der Waals surface area contributed by atoms with Gasteiger partial charge in [-0.05, 0) is 52.1 Å². The summed E-state index contributed by atoms with van der Waals surface area (Å²) in [5, 5.41) is 29.3. The molecule has 3 aromatic rings. The highest BCUT2D eigenvalue weighted by Crippen LogP contribution is 2.35. The number of allylic oxidation sites excluding steroid dienone is 10. The number of nitrogens with zero attached hydrogens (tertiary/aromatic N) is 5. The van der Waals surface area contributed by atoms with Crippen LogP contribution < -0.4 is 0 Å². The van der Waals surface area contributed by atoms with E-state index in [1.165, 1.54) is 12.2 Å². The first kappa shape index (κ1) is 27.2. The monoisotopic (exact) mass is 539 g/mol. The SMILES string of the molecule is N#C/C=C(/c1ccccc1)N1C=CC(=C(C#N)C(=C2C=CN(/C(=C\C#N)c3ccccc3)C=C2)c2ccccc2)C=C1. The van der Waals surface area contributed by atoms with Gasteiger partial charge in [0.25, 0.3) is 0 Å². The van der Waals surface area contributed by atoms with Gasteiger partial charge in [0.05, 0.1) is 29.1 Å². The fourth-order valence-electron chi connectivity index (χ4n) is 4.79. The van der Waals surface area contributed by atoms with Crippen molar-refractivity contribution in [2.24, 2.45) is 0 Å². The van der Waals surface area contributed by atoms with E-state index in [1.807, 2.05) is 150 Å². The molecule has 0 radical (unpaired) electrons. The van der Waals surface area contributed by atoms with Crippen LogP contribution in [0.25, 0.3) is 17.0 Å². The van der Waals surface area contributed by atoms with Crippen LogP contribution >= 0.6 is 0 Å². The molecule has 0 saturated heterocycles. The van der Waals surface area contributed by atoms with Crippen LogP contribution in [-0.4, -0.2) is 9.80 Å². The minimum atomic E-state index is 0.521. The van der Waals surface area contributed by atoms with Gasteiger partial charge in [-0.2, -0.15) is 15.8 Å². The highest BCUT2D eigenvalue weighted by atomic mass is 15.1. The van der Waals surface area contributed by atoms with Crippen molar-refractivity contribution in [3.05, 3.63) is 186 Å². The van der Waals surface area contributed by atoms with Crippen LogP contribution in [0.15, 0.2) is 169 Å². The Balaban J connectivity index is 1.54. The van der Waals surface area contributed by atoms with E-state index in [4.69, 9.17) is 0 Å². The minimum absolute atomic E-state index is 0.521. The molecule has 0 spiro atoms. The molecule has 0 aliphatic carbocycles. The lowest BCUT2D eigenvalue weighted by molar-refractivity contribution is 0.715. The van der Waals surface area contributed by atoms with Gasteiger partial charge >= 0.3 is 0 Å². The summed E-state index contributed by atoms with van der Waals surface area (Å²) in [4.78, 5) is 3.77. The molecule has 0 saturated carbocycles. The van der Waals surface area contributed by atoms with E-state index >= 15 is 0 Å². The fraction of sp³-hybridized carbons (Fsp3) is 0. The second-order valence-corrected chi connectivity index (χ2v) is 9.27. The smallest absolute Gasteiger partial charge is 0.100 e. The van der Waals surface area contributed by atoms with Crippen molar-refractivity contribution in [2.75, 3.05) is 0 Å². The van der Waals surface area contributed by atoms with E-state index in [2.05, 4.69) is 18.2 Å². The van der Waals surface area contributed by atoms with Crippen LogP contribution in [0.4, 0.5) is 0 Å². The Hall–Kier alpha value is -6.35. The summed E-state index contributed by atoms with van der Waals surface area (Å²) in [6.07, 6.45) is 18.3. The van der Waals surface area contributed by atoms with E-state index in [-0.39, 0.29) is 0 Å². The molecular formula is C37H25N5. The largest absolute Gasteiger partial charge is 0.323 e. The molecule has 5 rings (SSSR count). The first-order chi connectivity index (χ1) is 20.7. The van der Waals surface area contributed by atoms with Crippen molar-refractivity contribution < 1.29 is 0 Å². The van der Waals surface area contributed by atoms with Gasteiger partial charge in [-0.25, -0.2) is 0 Å². The Kier molecular flexibility index (Phi) is 8.52. The number of rotatable bonds is 6. The highest BCUT2D eigenvalue weighted by Gasteiger charge is 2.19. The highest BCUT2D eigenvalue weighted by molar-refractivity contribution is 5.90. The van der Waals surface area contributed by atoms with Crippen molar-refractivity contribution in [1.82, 2.24) is 9.80 Å². The quantitative estimate of drug-likeness (QED) is 0.296. The zero-order valence-corrected chi connectivity index (χ0v) is 22.7. The molecule has 0 amide bonds. The van der Waals surface area contributed by atoms with E-state index in [0.29, 0.717) is 5.57 Å². The zero-order valence-electron chi connectivity index (χ0n) is 22.7. The lowest BCUT2D eigenvalue weighted by atomic mass is 9.89. The van der Waals surface area contributed by atoms with E-state index in [9.17, 15) is 15.8 Å². The maximum Gasteiger partial charge on any atom is 0.100 e. The first-order valence-corrected chi connectivity index (χ1v) is 13.3. The topological polar surface area (TPSA) is 77.8 Å². The predicted molar refractivity (Wildman–Crippen MR) is 166 cm³/mol. The van der Waals surface area contributed by atoms with Crippen LogP contribution in [0, 0.1) is 34.0 Å². The molecule has 0 fully saturated rings. The Morgan fingerprint density at radius 2 is 0.881 bits per heavy atom. The number of benzene rings is 3. The van der Waals surface area contributed by atoms with Crippen LogP contribution in [0.2, 0.25) is 0 Å². The second kappa shape index (κ2) is 13.1. The third-order valence-corrected chi connectivity index (χ3v) is 6.76. The van der Waals surface area contributed by atoms with Gasteiger partial charge in [0.2, 0.25) is 0 Å². The maximum absolute atomic E-state index is 10.5. The first-order valence-electron chi connectivity index (χ1n) is 13.3. The fourth-order valence-corrected chi connectivity index (χ4v) is 4.79. The van der Waals surface area contributed by atoms with Crippen molar-refractivity contribution in [3.8, 4) is 18.2 Å². The predicted octanol–water partition coefficient (Wildman–Crippen LogP) is 8.08. The third-order valence-electron chi connectivity index (χ3n) is 6.76. The Morgan fingerprint density at radius 1 is 0.500 bits per heavy atom. The summed E-state index contributed by atoms with van der Waals surface area (Å²) >= 11 is 0. The van der Waals surface area contributed by atoms with Crippen molar-refractivity contribution in [3.63, 3.8) is 0 Å². The maximum atomic E-state index is 10.5. The Bertz CT molecular complexity index is 1800. The van der Waals surface area contributed by atoms with Crippen LogP contribution in [-0.2, 0) is 0 Å². The van der Waals surface area contributed by atoms with E-state index in [0.717, 1.165) is 44.8 Å². The summed E-state index contributed by atoms with van der Waals surface area (Å²) in [6.45, 7) is 0. The van der Waals surface area contributed by atoms with E-state index in [1.54, 1.807) is 0 Å². The third kappa shape index (κ3) is 5.95. The zero-order chi connectivity index (χ0) is 29.1. The van der Waals surface area contributed by atoms with Gasteiger partial charge in [0, 0.05) is 42.5 Å². The molecule has 2 heterocycles. The molecule has 42 heavy (non-hydrogen) atoms. The number of hydrogen-bond donors (Lipinski definition) is 0.